The quantitative estimate of drug-likeness (QED) is 0.894. The maximum atomic E-state index is 13.2. The van der Waals surface area contributed by atoms with Gasteiger partial charge in [0.05, 0.1) is 5.71 Å². The highest BCUT2D eigenvalue weighted by atomic mass is 19.1. The molecule has 3 rings (SSSR count). The Balaban J connectivity index is 2.14. The molecule has 1 aliphatic heterocycles. The minimum atomic E-state index is -0.599. The van der Waals surface area contributed by atoms with Gasteiger partial charge in [-0.15, -0.1) is 0 Å². The van der Waals surface area contributed by atoms with Crippen molar-refractivity contribution in [3.8, 4) is 5.75 Å². The molecule has 1 unspecified atom stereocenters. The molecule has 1 aliphatic rings. The molecule has 0 fully saturated rings. The molecule has 3 nitrogen and oxygen atoms in total. The summed E-state index contributed by atoms with van der Waals surface area (Å²) in [6, 6.07) is 12.4. The molecule has 0 amide bonds. The molecular formula is C19H21FN2O. The molecule has 23 heavy (non-hydrogen) atoms. The molecule has 120 valence electrons. The van der Waals surface area contributed by atoms with Crippen molar-refractivity contribution in [1.29, 1.82) is 0 Å². The van der Waals surface area contributed by atoms with E-state index in [1.165, 1.54) is 12.1 Å². The fourth-order valence-corrected chi connectivity index (χ4v) is 2.91. The molecule has 1 N–H and O–H groups in total. The van der Waals surface area contributed by atoms with E-state index in [4.69, 9.17) is 9.73 Å². The van der Waals surface area contributed by atoms with E-state index in [1.54, 1.807) is 12.1 Å². The Morgan fingerprint density at radius 1 is 1.17 bits per heavy atom. The molecule has 4 heteroatoms. The first-order chi connectivity index (χ1) is 11.0. The highest BCUT2D eigenvalue weighted by molar-refractivity contribution is 6.15. The Kier molecular flexibility index (Phi) is 4.07. The van der Waals surface area contributed by atoms with E-state index in [0.29, 0.717) is 0 Å². The zero-order valence-electron chi connectivity index (χ0n) is 13.7. The third-order valence-corrected chi connectivity index (χ3v) is 4.04. The van der Waals surface area contributed by atoms with Crippen molar-refractivity contribution in [2.75, 3.05) is 12.4 Å². The highest BCUT2D eigenvalue weighted by Crippen LogP contribution is 2.36. The zero-order valence-corrected chi connectivity index (χ0v) is 13.7. The minimum Gasteiger partial charge on any atom is -0.466 e. The second-order valence-electron chi connectivity index (χ2n) is 5.96. The van der Waals surface area contributed by atoms with Crippen molar-refractivity contribution in [1.82, 2.24) is 0 Å². The molecule has 0 aliphatic carbocycles. The fraction of sp³-hybridized carbons (Fsp3) is 0.316. The van der Waals surface area contributed by atoms with E-state index in [1.807, 2.05) is 32.2 Å². The lowest BCUT2D eigenvalue weighted by Gasteiger charge is -2.33. The largest absolute Gasteiger partial charge is 0.466 e. The number of hydrogen-bond acceptors (Lipinski definition) is 3. The first kappa shape index (κ1) is 15.5. The fourth-order valence-electron chi connectivity index (χ4n) is 2.91. The summed E-state index contributed by atoms with van der Waals surface area (Å²) in [7, 11) is 1.88. The van der Waals surface area contributed by atoms with Gasteiger partial charge in [0, 0.05) is 36.3 Å². The van der Waals surface area contributed by atoms with Crippen LogP contribution in [0.25, 0.3) is 0 Å². The van der Waals surface area contributed by atoms with Crippen molar-refractivity contribution < 1.29 is 9.13 Å². The number of ether oxygens (including phenoxy) is 1. The van der Waals surface area contributed by atoms with Gasteiger partial charge in [-0.2, -0.15) is 0 Å². The van der Waals surface area contributed by atoms with Crippen LogP contribution in [0.4, 0.5) is 10.1 Å². The van der Waals surface area contributed by atoms with E-state index >= 15 is 0 Å². The van der Waals surface area contributed by atoms with Crippen LogP contribution in [0, 0.1) is 5.82 Å². The van der Waals surface area contributed by atoms with E-state index in [9.17, 15) is 4.39 Å². The van der Waals surface area contributed by atoms with Gasteiger partial charge in [-0.05, 0) is 43.3 Å². The van der Waals surface area contributed by atoms with E-state index in [2.05, 4.69) is 12.2 Å². The van der Waals surface area contributed by atoms with Gasteiger partial charge in [0.15, 0.2) is 5.72 Å². The Hall–Kier alpha value is -2.36. The van der Waals surface area contributed by atoms with Gasteiger partial charge in [-0.3, -0.25) is 0 Å². The van der Waals surface area contributed by atoms with Crippen molar-refractivity contribution in [2.45, 2.75) is 32.4 Å². The van der Waals surface area contributed by atoms with Crippen LogP contribution in [-0.4, -0.2) is 18.5 Å². The van der Waals surface area contributed by atoms with Crippen molar-refractivity contribution in [3.63, 3.8) is 0 Å². The number of benzene rings is 2. The van der Waals surface area contributed by atoms with Crippen LogP contribution >= 0.6 is 0 Å². The second kappa shape index (κ2) is 6.03. The summed E-state index contributed by atoms with van der Waals surface area (Å²) in [6.45, 7) is 4.11. The van der Waals surface area contributed by atoms with E-state index < -0.39 is 5.72 Å². The van der Waals surface area contributed by atoms with Crippen LogP contribution < -0.4 is 10.1 Å². The summed E-state index contributed by atoms with van der Waals surface area (Å²) < 4.78 is 19.4. The lowest BCUT2D eigenvalue weighted by molar-refractivity contribution is 0.0840. The van der Waals surface area contributed by atoms with Gasteiger partial charge in [0.1, 0.15) is 11.6 Å². The van der Waals surface area contributed by atoms with Gasteiger partial charge in [0.2, 0.25) is 0 Å². The molecule has 2 aromatic rings. The average Bonchev–Trinajstić information content (AvgIpc) is 2.54. The minimum absolute atomic E-state index is 0.247. The van der Waals surface area contributed by atoms with Crippen molar-refractivity contribution in [2.24, 2.45) is 4.99 Å². The predicted molar refractivity (Wildman–Crippen MR) is 92.0 cm³/mol. The monoisotopic (exact) mass is 312 g/mol. The first-order valence-corrected chi connectivity index (χ1v) is 7.91. The molecule has 2 aromatic carbocycles. The summed E-state index contributed by atoms with van der Waals surface area (Å²) in [4.78, 5) is 4.85. The summed E-state index contributed by atoms with van der Waals surface area (Å²) in [5.41, 5.74) is 3.07. The number of nitrogens with one attached hydrogen (secondary N) is 1. The summed E-state index contributed by atoms with van der Waals surface area (Å²) in [5.74, 6) is 0.561. The maximum Gasteiger partial charge on any atom is 0.198 e. The van der Waals surface area contributed by atoms with Crippen LogP contribution in [0.3, 0.4) is 0 Å². The zero-order chi connectivity index (χ0) is 16.4. The van der Waals surface area contributed by atoms with Gasteiger partial charge < -0.3 is 10.1 Å². The van der Waals surface area contributed by atoms with Crippen LogP contribution in [-0.2, 0) is 0 Å². The van der Waals surface area contributed by atoms with Crippen LogP contribution in [0.15, 0.2) is 47.5 Å². The van der Waals surface area contributed by atoms with Crippen molar-refractivity contribution >= 4 is 11.4 Å². The molecule has 0 aromatic heterocycles. The van der Waals surface area contributed by atoms with Gasteiger partial charge >= 0.3 is 0 Å². The summed E-state index contributed by atoms with van der Waals surface area (Å²) in [5, 5.41) is 3.13. The van der Waals surface area contributed by atoms with Gasteiger partial charge in [-0.25, -0.2) is 9.38 Å². The maximum absolute atomic E-state index is 13.2. The number of aliphatic imine (C=N–C) groups is 1. The van der Waals surface area contributed by atoms with E-state index in [-0.39, 0.29) is 5.82 Å². The Morgan fingerprint density at radius 3 is 2.57 bits per heavy atom. The van der Waals surface area contributed by atoms with Gasteiger partial charge in [-0.1, -0.05) is 13.3 Å². The number of fused-ring (bicyclic) bond motifs is 1. The molecule has 1 atom stereocenters. The van der Waals surface area contributed by atoms with Crippen molar-refractivity contribution in [3.05, 3.63) is 59.4 Å². The number of halogens is 1. The number of rotatable bonds is 4. The molecule has 0 saturated heterocycles. The molecule has 0 saturated carbocycles. The van der Waals surface area contributed by atoms with Crippen LogP contribution in [0.2, 0.25) is 0 Å². The first-order valence-electron chi connectivity index (χ1n) is 7.91. The van der Waals surface area contributed by atoms with Crippen LogP contribution in [0.1, 0.15) is 37.8 Å². The predicted octanol–water partition coefficient (Wildman–Crippen LogP) is 4.61. The SMILES string of the molecule is CCCC1(C)N=C(c2ccc(F)cc2)c2ccc(NC)cc2O1. The second-order valence-corrected chi connectivity index (χ2v) is 5.96. The summed E-state index contributed by atoms with van der Waals surface area (Å²) in [6.07, 6.45) is 1.79. The van der Waals surface area contributed by atoms with Gasteiger partial charge in [0.25, 0.3) is 0 Å². The van der Waals surface area contributed by atoms with Crippen LogP contribution in [0.5, 0.6) is 5.75 Å². The highest BCUT2D eigenvalue weighted by Gasteiger charge is 2.32. The molecule has 1 heterocycles. The molecule has 0 bridgehead atoms. The average molecular weight is 312 g/mol. The lowest BCUT2D eigenvalue weighted by Crippen LogP contribution is -2.35. The van der Waals surface area contributed by atoms with E-state index in [0.717, 1.165) is 41.1 Å². The normalized spacial score (nSPS) is 19.6. The standard InChI is InChI=1S/C19H21FN2O/c1-4-11-19(2)22-18(13-5-7-14(20)8-6-13)16-10-9-15(21-3)12-17(16)23-19/h5-10,12,21H,4,11H2,1-3H3. The summed E-state index contributed by atoms with van der Waals surface area (Å²) >= 11 is 0. The Labute approximate surface area is 136 Å². The molecular weight excluding hydrogens is 291 g/mol. The Bertz CT molecular complexity index is 740. The smallest absolute Gasteiger partial charge is 0.198 e. The molecule has 0 radical (unpaired) electrons. The topological polar surface area (TPSA) is 33.6 Å². The Morgan fingerprint density at radius 2 is 1.91 bits per heavy atom. The number of nitrogens with zero attached hydrogens (tertiary/aromatic N) is 1. The number of anilines is 1. The third-order valence-electron chi connectivity index (χ3n) is 4.04. The third kappa shape index (κ3) is 3.07. The molecule has 0 spiro atoms. The number of hydrogen-bond donors (Lipinski definition) is 1. The lowest BCUT2D eigenvalue weighted by atomic mass is 9.97.